The van der Waals surface area contributed by atoms with Gasteiger partial charge < -0.3 is 9.47 Å². The fourth-order valence-corrected chi connectivity index (χ4v) is 5.77. The van der Waals surface area contributed by atoms with E-state index in [0.717, 1.165) is 5.39 Å². The number of ether oxygens (including phenoxy) is 2. The second kappa shape index (κ2) is 9.36. The Morgan fingerprint density at radius 1 is 0.694 bits per heavy atom. The van der Waals surface area contributed by atoms with E-state index in [-0.39, 0.29) is 10.7 Å². The van der Waals surface area contributed by atoms with Gasteiger partial charge in [-0.2, -0.15) is 0 Å². The summed E-state index contributed by atoms with van der Waals surface area (Å²) < 4.78 is 39.5. The number of aromatic nitrogens is 1. The number of para-hydroxylation sites is 1. The lowest BCUT2D eigenvalue weighted by Gasteiger charge is -2.13. The van der Waals surface area contributed by atoms with E-state index in [2.05, 4.69) is 0 Å². The van der Waals surface area contributed by atoms with Crippen LogP contribution in [0.2, 0.25) is 0 Å². The molecule has 0 saturated carbocycles. The first-order valence-electron chi connectivity index (χ1n) is 11.2. The number of carbonyl (C=O) groups is 1. The number of ketones is 1. The molecular weight excluding hydrogens is 474 g/mol. The van der Waals surface area contributed by atoms with Crippen LogP contribution in [0.4, 0.5) is 0 Å². The van der Waals surface area contributed by atoms with Gasteiger partial charge >= 0.3 is 0 Å². The Labute approximate surface area is 209 Å². The Kier molecular flexibility index (Phi) is 6.08. The summed E-state index contributed by atoms with van der Waals surface area (Å²) in [5, 5.41) is 0.779. The van der Waals surface area contributed by atoms with Crippen molar-refractivity contribution < 1.29 is 22.7 Å². The van der Waals surface area contributed by atoms with Crippen molar-refractivity contribution in [2.75, 3.05) is 14.2 Å². The summed E-state index contributed by atoms with van der Waals surface area (Å²) >= 11 is 0. The molecule has 0 aliphatic carbocycles. The highest BCUT2D eigenvalue weighted by atomic mass is 32.2. The predicted octanol–water partition coefficient (Wildman–Crippen LogP) is 5.79. The van der Waals surface area contributed by atoms with Gasteiger partial charge in [-0.05, 0) is 48.0 Å². The second-order valence-corrected chi connectivity index (χ2v) is 9.97. The first-order valence-corrected chi connectivity index (χ1v) is 12.7. The molecule has 0 aliphatic heterocycles. The third-order valence-electron chi connectivity index (χ3n) is 5.98. The van der Waals surface area contributed by atoms with Gasteiger partial charge in [-0.15, -0.1) is 0 Å². The third kappa shape index (κ3) is 4.14. The first kappa shape index (κ1) is 23.4. The highest BCUT2D eigenvalue weighted by Gasteiger charge is 2.24. The smallest absolute Gasteiger partial charge is 0.268 e. The first-order chi connectivity index (χ1) is 17.4. The summed E-state index contributed by atoms with van der Waals surface area (Å²) in [7, 11) is -0.859. The Morgan fingerprint density at radius 3 is 2.06 bits per heavy atom. The van der Waals surface area contributed by atoms with Crippen LogP contribution < -0.4 is 9.47 Å². The van der Waals surface area contributed by atoms with Crippen molar-refractivity contribution >= 4 is 26.7 Å². The number of methoxy groups -OCH3 is 2. The molecule has 6 nitrogen and oxygen atoms in total. The zero-order valence-electron chi connectivity index (χ0n) is 19.7. The van der Waals surface area contributed by atoms with Gasteiger partial charge in [-0.1, -0.05) is 54.6 Å². The van der Waals surface area contributed by atoms with Crippen LogP contribution in [0.5, 0.6) is 11.5 Å². The topological polar surface area (TPSA) is 74.6 Å². The van der Waals surface area contributed by atoms with Crippen molar-refractivity contribution in [2.45, 2.75) is 4.90 Å². The van der Waals surface area contributed by atoms with Gasteiger partial charge in [0.1, 0.15) is 11.5 Å². The van der Waals surface area contributed by atoms with Crippen molar-refractivity contribution in [3.8, 4) is 22.8 Å². The maximum absolute atomic E-state index is 13.8. The molecule has 0 unspecified atom stereocenters. The van der Waals surface area contributed by atoms with Gasteiger partial charge in [0.25, 0.3) is 10.0 Å². The molecule has 36 heavy (non-hydrogen) atoms. The summed E-state index contributed by atoms with van der Waals surface area (Å²) in [6.45, 7) is 0. The molecule has 0 fully saturated rings. The number of rotatable bonds is 7. The Hall–Kier alpha value is -4.36. The zero-order valence-corrected chi connectivity index (χ0v) is 20.5. The molecule has 1 aromatic heterocycles. The van der Waals surface area contributed by atoms with E-state index in [4.69, 9.17) is 9.47 Å². The molecule has 0 aliphatic rings. The van der Waals surface area contributed by atoms with Gasteiger partial charge in [0.15, 0.2) is 5.78 Å². The largest absolute Gasteiger partial charge is 0.497 e. The third-order valence-corrected chi connectivity index (χ3v) is 7.72. The minimum atomic E-state index is -3.91. The fourth-order valence-electron chi connectivity index (χ4n) is 4.21. The van der Waals surface area contributed by atoms with E-state index < -0.39 is 10.0 Å². The van der Waals surface area contributed by atoms with Gasteiger partial charge in [-0.3, -0.25) is 4.79 Å². The molecule has 0 saturated heterocycles. The maximum atomic E-state index is 13.8. The summed E-state index contributed by atoms with van der Waals surface area (Å²) in [6, 6.07) is 29.4. The maximum Gasteiger partial charge on any atom is 0.268 e. The molecule has 1 heterocycles. The van der Waals surface area contributed by atoms with Crippen LogP contribution in [0, 0.1) is 0 Å². The SMILES string of the molecule is COc1cc(OC)cc(C(=O)c2cccc(-c3cc4ccccc4n3S(=O)(=O)c3ccccc3)c2)c1. The number of hydrogen-bond donors (Lipinski definition) is 0. The highest BCUT2D eigenvalue weighted by Crippen LogP contribution is 2.33. The fraction of sp³-hybridized carbons (Fsp3) is 0.0690. The number of carbonyl (C=O) groups excluding carboxylic acids is 1. The van der Waals surface area contributed by atoms with Crippen molar-refractivity contribution in [1.29, 1.82) is 0 Å². The van der Waals surface area contributed by atoms with E-state index in [1.54, 1.807) is 84.9 Å². The monoisotopic (exact) mass is 497 g/mol. The molecule has 0 spiro atoms. The van der Waals surface area contributed by atoms with Gasteiger partial charge in [-0.25, -0.2) is 12.4 Å². The second-order valence-electron chi connectivity index (χ2n) is 8.18. The quantitative estimate of drug-likeness (QED) is 0.266. The predicted molar refractivity (Wildman–Crippen MR) is 139 cm³/mol. The number of hydrogen-bond acceptors (Lipinski definition) is 5. The van der Waals surface area contributed by atoms with Crippen LogP contribution in [0.25, 0.3) is 22.2 Å². The summed E-state index contributed by atoms with van der Waals surface area (Å²) in [5.41, 5.74) is 2.45. The zero-order chi connectivity index (χ0) is 25.3. The van der Waals surface area contributed by atoms with Crippen molar-refractivity contribution in [1.82, 2.24) is 3.97 Å². The molecule has 0 amide bonds. The normalized spacial score (nSPS) is 11.4. The molecule has 5 rings (SSSR count). The standard InChI is InChI=1S/C29H23NO5S/c1-34-24-16-23(17-25(19-24)35-2)29(31)22-11-8-10-20(15-22)28-18-21-9-6-7-14-27(21)30(28)36(32,33)26-12-4-3-5-13-26/h3-19H,1-2H3. The van der Waals surface area contributed by atoms with E-state index in [1.165, 1.54) is 18.2 Å². The minimum Gasteiger partial charge on any atom is -0.497 e. The van der Waals surface area contributed by atoms with Crippen LogP contribution in [-0.2, 0) is 10.0 Å². The molecule has 5 aromatic rings. The van der Waals surface area contributed by atoms with E-state index in [1.807, 2.05) is 18.2 Å². The molecule has 0 radical (unpaired) electrons. The number of nitrogens with zero attached hydrogens (tertiary/aromatic N) is 1. The van der Waals surface area contributed by atoms with Crippen LogP contribution in [0.15, 0.2) is 108 Å². The molecular formula is C29H23NO5S. The molecule has 0 bridgehead atoms. The Balaban J connectivity index is 1.67. The number of fused-ring (bicyclic) bond motifs is 1. The van der Waals surface area contributed by atoms with Crippen molar-refractivity contribution in [3.05, 3.63) is 114 Å². The summed E-state index contributed by atoms with van der Waals surface area (Å²) in [4.78, 5) is 13.6. The highest BCUT2D eigenvalue weighted by molar-refractivity contribution is 7.90. The van der Waals surface area contributed by atoms with E-state index in [0.29, 0.717) is 39.4 Å². The van der Waals surface area contributed by atoms with Gasteiger partial charge in [0.2, 0.25) is 0 Å². The molecule has 0 N–H and O–H groups in total. The van der Waals surface area contributed by atoms with Gasteiger partial charge in [0.05, 0.1) is 30.3 Å². The van der Waals surface area contributed by atoms with Crippen LogP contribution in [0.3, 0.4) is 0 Å². The Bertz CT molecular complexity index is 1670. The van der Waals surface area contributed by atoms with Crippen LogP contribution in [0.1, 0.15) is 15.9 Å². The average molecular weight is 498 g/mol. The molecule has 180 valence electrons. The van der Waals surface area contributed by atoms with Crippen molar-refractivity contribution in [2.24, 2.45) is 0 Å². The lowest BCUT2D eigenvalue weighted by atomic mass is 10.00. The molecule has 0 atom stereocenters. The van der Waals surface area contributed by atoms with Crippen LogP contribution in [-0.4, -0.2) is 32.4 Å². The lowest BCUT2D eigenvalue weighted by Crippen LogP contribution is -2.14. The molecule has 7 heteroatoms. The lowest BCUT2D eigenvalue weighted by molar-refractivity contribution is 0.103. The number of benzene rings is 4. The minimum absolute atomic E-state index is 0.184. The van der Waals surface area contributed by atoms with E-state index >= 15 is 0 Å². The van der Waals surface area contributed by atoms with E-state index in [9.17, 15) is 13.2 Å². The van der Waals surface area contributed by atoms with Gasteiger partial charge in [0, 0.05) is 22.6 Å². The molecule has 4 aromatic carbocycles. The summed E-state index contributed by atoms with van der Waals surface area (Å²) in [5.74, 6) is 0.772. The van der Waals surface area contributed by atoms with Crippen molar-refractivity contribution in [3.63, 3.8) is 0 Å². The summed E-state index contributed by atoms with van der Waals surface area (Å²) in [6.07, 6.45) is 0. The average Bonchev–Trinajstić information content (AvgIpc) is 3.33. The Morgan fingerprint density at radius 2 is 1.36 bits per heavy atom. The van der Waals surface area contributed by atoms with Crippen LogP contribution >= 0.6 is 0 Å².